The normalized spacial score (nSPS) is 24.3. The van der Waals surface area contributed by atoms with Gasteiger partial charge in [0.05, 0.1) is 12.2 Å². The summed E-state index contributed by atoms with van der Waals surface area (Å²) < 4.78 is 15.9. The van der Waals surface area contributed by atoms with E-state index in [9.17, 15) is 4.79 Å². The van der Waals surface area contributed by atoms with E-state index in [1.807, 2.05) is 18.2 Å². The molecule has 0 saturated carbocycles. The van der Waals surface area contributed by atoms with Crippen LogP contribution in [0.25, 0.3) is 0 Å². The Morgan fingerprint density at radius 1 is 1.35 bits per heavy atom. The Bertz CT molecular complexity index is 363. The summed E-state index contributed by atoms with van der Waals surface area (Å²) in [4.78, 5) is 11.8. The van der Waals surface area contributed by atoms with Crippen LogP contribution in [0.4, 0.5) is 0 Å². The van der Waals surface area contributed by atoms with Crippen molar-refractivity contribution in [2.75, 3.05) is 13.7 Å². The summed E-state index contributed by atoms with van der Waals surface area (Å²) in [6.45, 7) is 0.651. The molecule has 1 heterocycles. The van der Waals surface area contributed by atoms with Crippen LogP contribution in [0.5, 0.6) is 0 Å². The van der Waals surface area contributed by atoms with Gasteiger partial charge in [-0.25, -0.2) is 4.79 Å². The monoisotopic (exact) mass is 236 g/mol. The van der Waals surface area contributed by atoms with Crippen molar-refractivity contribution in [2.24, 2.45) is 0 Å². The van der Waals surface area contributed by atoms with Gasteiger partial charge in [-0.05, 0) is 25.0 Å². The lowest BCUT2D eigenvalue weighted by Crippen LogP contribution is -2.38. The molecule has 0 spiro atoms. The molecule has 0 N–H and O–H groups in total. The summed E-state index contributed by atoms with van der Waals surface area (Å²) in [7, 11) is 1.55. The van der Waals surface area contributed by atoms with Gasteiger partial charge in [0.1, 0.15) is 0 Å². The van der Waals surface area contributed by atoms with Gasteiger partial charge in [-0.2, -0.15) is 0 Å². The summed E-state index contributed by atoms with van der Waals surface area (Å²) in [6, 6.07) is 8.93. The van der Waals surface area contributed by atoms with Crippen LogP contribution >= 0.6 is 0 Å². The summed E-state index contributed by atoms with van der Waals surface area (Å²) in [5.41, 5.74) is 0.549. The van der Waals surface area contributed by atoms with Crippen LogP contribution < -0.4 is 0 Å². The quantitative estimate of drug-likeness (QED) is 0.753. The molecule has 0 aliphatic carbocycles. The Balaban J connectivity index is 1.98. The summed E-state index contributed by atoms with van der Waals surface area (Å²) in [5, 5.41) is 0. The molecular weight excluding hydrogens is 220 g/mol. The van der Waals surface area contributed by atoms with Gasteiger partial charge in [-0.3, -0.25) is 0 Å². The summed E-state index contributed by atoms with van der Waals surface area (Å²) in [5.74, 6) is -0.330. The highest BCUT2D eigenvalue weighted by molar-refractivity contribution is 5.89. The molecule has 0 aromatic heterocycles. The first-order valence-corrected chi connectivity index (χ1v) is 5.71. The summed E-state index contributed by atoms with van der Waals surface area (Å²) >= 11 is 0. The number of esters is 1. The molecule has 0 radical (unpaired) electrons. The van der Waals surface area contributed by atoms with E-state index in [1.54, 1.807) is 19.2 Å². The average molecular weight is 236 g/mol. The minimum absolute atomic E-state index is 0.318. The van der Waals surface area contributed by atoms with Gasteiger partial charge in [0, 0.05) is 7.11 Å². The van der Waals surface area contributed by atoms with Gasteiger partial charge in [-0.15, -0.1) is 0 Å². The first-order valence-electron chi connectivity index (χ1n) is 5.71. The average Bonchev–Trinajstić information content (AvgIpc) is 2.40. The van der Waals surface area contributed by atoms with Crippen LogP contribution in [0, 0.1) is 0 Å². The first-order chi connectivity index (χ1) is 8.31. The second kappa shape index (κ2) is 5.80. The second-order valence-electron chi connectivity index (χ2n) is 3.93. The smallest absolute Gasteiger partial charge is 0.338 e. The number of methoxy groups -OCH3 is 1. The Labute approximate surface area is 100 Å². The fourth-order valence-electron chi connectivity index (χ4n) is 1.84. The molecular formula is C13H16O4. The van der Waals surface area contributed by atoms with E-state index in [-0.39, 0.29) is 12.1 Å². The zero-order valence-electron chi connectivity index (χ0n) is 9.80. The van der Waals surface area contributed by atoms with Crippen LogP contribution in [0.15, 0.2) is 30.3 Å². The third-order valence-electron chi connectivity index (χ3n) is 2.72. The maximum absolute atomic E-state index is 11.8. The van der Waals surface area contributed by atoms with Crippen molar-refractivity contribution in [1.29, 1.82) is 0 Å². The maximum Gasteiger partial charge on any atom is 0.338 e. The fraction of sp³-hybridized carbons (Fsp3) is 0.462. The van der Waals surface area contributed by atoms with Crippen molar-refractivity contribution in [3.05, 3.63) is 35.9 Å². The minimum atomic E-state index is -0.448. The molecule has 2 atom stereocenters. The van der Waals surface area contributed by atoms with Gasteiger partial charge in [0.2, 0.25) is 0 Å². The molecule has 1 aromatic carbocycles. The van der Waals surface area contributed by atoms with Gasteiger partial charge in [0.25, 0.3) is 0 Å². The van der Waals surface area contributed by atoms with E-state index in [0.717, 1.165) is 12.8 Å². The van der Waals surface area contributed by atoms with E-state index in [2.05, 4.69) is 0 Å². The molecule has 1 unspecified atom stereocenters. The lowest BCUT2D eigenvalue weighted by atomic mass is 10.1. The molecule has 17 heavy (non-hydrogen) atoms. The van der Waals surface area contributed by atoms with Crippen molar-refractivity contribution in [3.8, 4) is 0 Å². The molecule has 1 aliphatic rings. The SMILES string of the molecule is COC1OCCC[C@@H]1OC(=O)c1ccccc1. The molecule has 1 saturated heterocycles. The van der Waals surface area contributed by atoms with Crippen LogP contribution in [0.2, 0.25) is 0 Å². The van der Waals surface area contributed by atoms with Crippen LogP contribution in [-0.2, 0) is 14.2 Å². The van der Waals surface area contributed by atoms with E-state index in [0.29, 0.717) is 12.2 Å². The van der Waals surface area contributed by atoms with Crippen LogP contribution in [0.3, 0.4) is 0 Å². The van der Waals surface area contributed by atoms with Crippen molar-refractivity contribution in [2.45, 2.75) is 25.2 Å². The highest BCUT2D eigenvalue weighted by Gasteiger charge is 2.29. The zero-order chi connectivity index (χ0) is 12.1. The van der Waals surface area contributed by atoms with Crippen molar-refractivity contribution >= 4 is 5.97 Å². The zero-order valence-corrected chi connectivity index (χ0v) is 9.80. The second-order valence-corrected chi connectivity index (χ2v) is 3.93. The van der Waals surface area contributed by atoms with Crippen molar-refractivity contribution < 1.29 is 19.0 Å². The highest BCUT2D eigenvalue weighted by atomic mass is 16.7. The Hall–Kier alpha value is -1.39. The third-order valence-corrected chi connectivity index (χ3v) is 2.72. The number of benzene rings is 1. The summed E-state index contributed by atoms with van der Waals surface area (Å²) in [6.07, 6.45) is 0.891. The molecule has 1 aromatic rings. The topological polar surface area (TPSA) is 44.8 Å². The Morgan fingerprint density at radius 2 is 2.12 bits per heavy atom. The van der Waals surface area contributed by atoms with Gasteiger partial charge in [-0.1, -0.05) is 18.2 Å². The molecule has 0 amide bonds. The molecule has 1 aliphatic heterocycles. The van der Waals surface area contributed by atoms with E-state index < -0.39 is 6.29 Å². The van der Waals surface area contributed by atoms with Gasteiger partial charge < -0.3 is 14.2 Å². The van der Waals surface area contributed by atoms with E-state index in [1.165, 1.54) is 0 Å². The number of hydrogen-bond acceptors (Lipinski definition) is 4. The molecule has 4 heteroatoms. The minimum Gasteiger partial charge on any atom is -0.453 e. The molecule has 2 rings (SSSR count). The molecule has 1 fully saturated rings. The first kappa shape index (κ1) is 12.1. The van der Waals surface area contributed by atoms with Gasteiger partial charge >= 0.3 is 5.97 Å². The number of carbonyl (C=O) groups excluding carboxylic acids is 1. The molecule has 0 bridgehead atoms. The predicted molar refractivity (Wildman–Crippen MR) is 61.6 cm³/mol. The third kappa shape index (κ3) is 3.05. The number of hydrogen-bond donors (Lipinski definition) is 0. The Kier molecular flexibility index (Phi) is 4.12. The molecule has 92 valence electrons. The largest absolute Gasteiger partial charge is 0.453 e. The van der Waals surface area contributed by atoms with E-state index >= 15 is 0 Å². The Morgan fingerprint density at radius 3 is 2.82 bits per heavy atom. The highest BCUT2D eigenvalue weighted by Crippen LogP contribution is 2.19. The van der Waals surface area contributed by atoms with Crippen LogP contribution in [-0.4, -0.2) is 32.1 Å². The number of rotatable bonds is 3. The number of carbonyl (C=O) groups is 1. The lowest BCUT2D eigenvalue weighted by Gasteiger charge is -2.29. The predicted octanol–water partition coefficient (Wildman–Crippen LogP) is 1.99. The maximum atomic E-state index is 11.8. The van der Waals surface area contributed by atoms with Crippen LogP contribution in [0.1, 0.15) is 23.2 Å². The van der Waals surface area contributed by atoms with E-state index in [4.69, 9.17) is 14.2 Å². The van der Waals surface area contributed by atoms with Gasteiger partial charge in [0.15, 0.2) is 12.4 Å². The van der Waals surface area contributed by atoms with Crippen molar-refractivity contribution in [3.63, 3.8) is 0 Å². The molecule has 4 nitrogen and oxygen atoms in total. The standard InChI is InChI=1S/C13H16O4/c1-15-13-11(8-5-9-16-13)17-12(14)10-6-3-2-4-7-10/h2-4,6-7,11,13H,5,8-9H2,1H3/t11-,13?/m0/s1. The van der Waals surface area contributed by atoms with Crippen molar-refractivity contribution in [1.82, 2.24) is 0 Å². The number of ether oxygens (including phenoxy) is 3. The lowest BCUT2D eigenvalue weighted by molar-refractivity contribution is -0.201. The fourth-order valence-corrected chi connectivity index (χ4v) is 1.84.